The van der Waals surface area contributed by atoms with E-state index in [2.05, 4.69) is 29.0 Å². The second-order valence-corrected chi connectivity index (χ2v) is 5.62. The predicted molar refractivity (Wildman–Crippen MR) is 80.4 cm³/mol. The van der Waals surface area contributed by atoms with Crippen LogP contribution in [0.15, 0.2) is 0 Å². The molecule has 180 valence electrons. The van der Waals surface area contributed by atoms with Crippen molar-refractivity contribution in [1.82, 2.24) is 0 Å². The first-order valence-corrected chi connectivity index (χ1v) is 7.61. The third-order valence-electron chi connectivity index (χ3n) is 3.90. The van der Waals surface area contributed by atoms with E-state index in [9.17, 15) is 60.7 Å². The van der Waals surface area contributed by atoms with Crippen molar-refractivity contribution in [3.63, 3.8) is 0 Å². The first-order valence-electron chi connectivity index (χ1n) is 7.61. The Kier molecular flexibility index (Phi) is 8.12. The standard InChI is InChI=1S/C8H10N6O18/c1-2-3(27-9(15)16)5(29-11(19)20)7(31-13(23)24)8(32-14(25)26)6(30-12(21)22)4(2)28-10(17)18/h2-8H,1H3. The van der Waals surface area contributed by atoms with E-state index in [1.165, 1.54) is 0 Å². The lowest BCUT2D eigenvalue weighted by molar-refractivity contribution is -0.835. The third-order valence-corrected chi connectivity index (χ3v) is 3.90. The topological polar surface area (TPSA) is 314 Å². The molecule has 24 heteroatoms. The lowest BCUT2D eigenvalue weighted by Gasteiger charge is -2.31. The summed E-state index contributed by atoms with van der Waals surface area (Å²) in [5.41, 5.74) is 0. The van der Waals surface area contributed by atoms with E-state index in [0.717, 1.165) is 6.92 Å². The van der Waals surface area contributed by atoms with E-state index < -0.39 is 73.1 Å². The Morgan fingerprint density at radius 1 is 0.406 bits per heavy atom. The Morgan fingerprint density at radius 3 is 0.750 bits per heavy atom. The minimum atomic E-state index is -2.78. The maximum atomic E-state index is 10.9. The monoisotopic (exact) mass is 478 g/mol. The van der Waals surface area contributed by atoms with Gasteiger partial charge in [-0.2, -0.15) is 0 Å². The quantitative estimate of drug-likeness (QED) is 0.168. The molecule has 0 spiro atoms. The molecule has 24 nitrogen and oxygen atoms in total. The summed E-state index contributed by atoms with van der Waals surface area (Å²) in [4.78, 5) is 89.9. The Bertz CT molecular complexity index is 713. The fraction of sp³-hybridized carbons (Fsp3) is 1.00. The number of hydrogen-bond donors (Lipinski definition) is 0. The number of nitrogens with zero attached hydrogens (tertiary/aromatic N) is 6. The molecule has 1 saturated carbocycles. The molecule has 0 amide bonds. The predicted octanol–water partition coefficient (Wildman–Crippen LogP) is -1.90. The highest BCUT2D eigenvalue weighted by Gasteiger charge is 2.58. The van der Waals surface area contributed by atoms with Gasteiger partial charge in [0.15, 0.2) is 24.4 Å². The molecule has 0 aromatic rings. The SMILES string of the molecule is CC1C(O[N+](=O)[O-])C(O[N+](=O)[O-])C(O[N+](=O)[O-])C(O[N+](=O)[O-])C(O[N+](=O)[O-])C1O[N+](=O)[O-]. The van der Waals surface area contributed by atoms with E-state index >= 15 is 0 Å². The summed E-state index contributed by atoms with van der Waals surface area (Å²) in [7, 11) is 0. The Labute approximate surface area is 171 Å². The van der Waals surface area contributed by atoms with E-state index in [1.807, 2.05) is 0 Å². The van der Waals surface area contributed by atoms with E-state index in [-0.39, 0.29) is 0 Å². The van der Waals surface area contributed by atoms with Crippen LogP contribution in [0.4, 0.5) is 0 Å². The minimum Gasteiger partial charge on any atom is -0.308 e. The van der Waals surface area contributed by atoms with E-state index in [4.69, 9.17) is 0 Å². The fourth-order valence-electron chi connectivity index (χ4n) is 2.92. The van der Waals surface area contributed by atoms with Crippen LogP contribution in [0.1, 0.15) is 6.92 Å². The van der Waals surface area contributed by atoms with Crippen LogP contribution in [0.5, 0.6) is 0 Å². The van der Waals surface area contributed by atoms with Gasteiger partial charge in [-0.05, 0) is 0 Å². The normalized spacial score (nSPS) is 29.3. The zero-order valence-corrected chi connectivity index (χ0v) is 15.1. The first-order chi connectivity index (χ1) is 14.7. The van der Waals surface area contributed by atoms with Crippen LogP contribution >= 0.6 is 0 Å². The summed E-state index contributed by atoms with van der Waals surface area (Å²) in [5.74, 6) is -1.93. The second kappa shape index (κ2) is 10.3. The van der Waals surface area contributed by atoms with Gasteiger partial charge < -0.3 is 29.0 Å². The highest BCUT2D eigenvalue weighted by molar-refractivity contribution is 4.99. The molecule has 0 radical (unpaired) electrons. The van der Waals surface area contributed by atoms with E-state index in [1.54, 1.807) is 0 Å². The van der Waals surface area contributed by atoms with Crippen LogP contribution in [0.25, 0.3) is 0 Å². The van der Waals surface area contributed by atoms with Crippen molar-refractivity contribution in [2.24, 2.45) is 5.92 Å². The molecule has 1 aliphatic rings. The van der Waals surface area contributed by atoms with Crippen molar-refractivity contribution in [3.05, 3.63) is 60.7 Å². The molecular formula is C8H10N6O18. The van der Waals surface area contributed by atoms with Crippen LogP contribution in [0, 0.1) is 66.6 Å². The Balaban J connectivity index is 3.82. The first kappa shape index (κ1) is 25.2. The summed E-state index contributed by atoms with van der Waals surface area (Å²) < 4.78 is 0. The Hall–Kier alpha value is -4.80. The molecule has 32 heavy (non-hydrogen) atoms. The second-order valence-electron chi connectivity index (χ2n) is 5.62. The molecule has 0 aromatic heterocycles. The summed E-state index contributed by atoms with van der Waals surface area (Å²) in [6, 6.07) is 0. The summed E-state index contributed by atoms with van der Waals surface area (Å²) in [6.07, 6.45) is -15.7. The zero-order chi connectivity index (χ0) is 24.7. The summed E-state index contributed by atoms with van der Waals surface area (Å²) in [5, 5.41) is 55.3. The van der Waals surface area contributed by atoms with Crippen molar-refractivity contribution < 1.29 is 59.5 Å². The Morgan fingerprint density at radius 2 is 0.562 bits per heavy atom. The number of rotatable bonds is 12. The molecule has 0 saturated heterocycles. The van der Waals surface area contributed by atoms with Gasteiger partial charge in [-0.3, -0.25) is 0 Å². The maximum Gasteiger partial charge on any atom is 0.294 e. The highest BCUT2D eigenvalue weighted by atomic mass is 17.0. The van der Waals surface area contributed by atoms with Crippen molar-refractivity contribution in [2.45, 2.75) is 43.5 Å². The van der Waals surface area contributed by atoms with Crippen molar-refractivity contribution in [1.29, 1.82) is 0 Å². The van der Waals surface area contributed by atoms with Gasteiger partial charge in [-0.15, -0.1) is 60.7 Å². The minimum absolute atomic E-state index is 0.784. The van der Waals surface area contributed by atoms with Crippen molar-refractivity contribution in [3.8, 4) is 0 Å². The van der Waals surface area contributed by atoms with Gasteiger partial charge in [0.1, 0.15) is 12.2 Å². The van der Waals surface area contributed by atoms with Crippen LogP contribution in [-0.2, 0) is 29.0 Å². The van der Waals surface area contributed by atoms with Crippen LogP contribution in [0.2, 0.25) is 0 Å². The van der Waals surface area contributed by atoms with Crippen LogP contribution < -0.4 is 0 Å². The molecule has 0 aromatic carbocycles. The van der Waals surface area contributed by atoms with Gasteiger partial charge >= 0.3 is 0 Å². The summed E-state index contributed by atoms with van der Waals surface area (Å²) >= 11 is 0. The van der Waals surface area contributed by atoms with Crippen molar-refractivity contribution in [2.75, 3.05) is 0 Å². The zero-order valence-electron chi connectivity index (χ0n) is 15.1. The molecule has 0 heterocycles. The molecule has 1 aliphatic carbocycles. The van der Waals surface area contributed by atoms with Crippen molar-refractivity contribution >= 4 is 0 Å². The molecular weight excluding hydrogens is 468 g/mol. The summed E-state index contributed by atoms with van der Waals surface area (Å²) in [6.45, 7) is 0.784. The molecule has 0 bridgehead atoms. The van der Waals surface area contributed by atoms with Gasteiger partial charge in [0.2, 0.25) is 0 Å². The highest BCUT2D eigenvalue weighted by Crippen LogP contribution is 2.35. The van der Waals surface area contributed by atoms with Gasteiger partial charge in [-0.25, -0.2) is 0 Å². The van der Waals surface area contributed by atoms with Gasteiger partial charge in [0.25, 0.3) is 30.5 Å². The average molecular weight is 478 g/mol. The molecule has 0 aliphatic heterocycles. The molecule has 1 fully saturated rings. The lowest BCUT2D eigenvalue weighted by atomic mass is 9.94. The molecule has 6 unspecified atom stereocenters. The lowest BCUT2D eigenvalue weighted by Crippen LogP contribution is -2.54. The maximum absolute atomic E-state index is 10.9. The van der Waals surface area contributed by atoms with Crippen LogP contribution in [-0.4, -0.2) is 67.1 Å². The molecule has 1 rings (SSSR count). The smallest absolute Gasteiger partial charge is 0.294 e. The van der Waals surface area contributed by atoms with E-state index in [0.29, 0.717) is 0 Å². The average Bonchev–Trinajstić information content (AvgIpc) is 2.67. The number of hydrogen-bond acceptors (Lipinski definition) is 18. The fourth-order valence-corrected chi connectivity index (χ4v) is 2.92. The van der Waals surface area contributed by atoms with Crippen LogP contribution in [0.3, 0.4) is 0 Å². The van der Waals surface area contributed by atoms with Gasteiger partial charge in [-0.1, -0.05) is 6.92 Å². The largest absolute Gasteiger partial charge is 0.308 e. The van der Waals surface area contributed by atoms with Gasteiger partial charge in [0.05, 0.1) is 0 Å². The van der Waals surface area contributed by atoms with Gasteiger partial charge in [0, 0.05) is 5.92 Å². The molecule has 6 atom stereocenters. The third kappa shape index (κ3) is 6.62. The molecule has 0 N–H and O–H groups in total.